The molecule has 212 valence electrons. The molecule has 0 heterocycles. The first-order chi connectivity index (χ1) is 17.7. The third kappa shape index (κ3) is 9.56. The van der Waals surface area contributed by atoms with Crippen LogP contribution in [0.1, 0.15) is 116 Å². The maximum Gasteiger partial charge on any atom is 0.323 e. The average Bonchev–Trinajstić information content (AvgIpc) is 2.90. The van der Waals surface area contributed by atoms with Gasteiger partial charge in [0.2, 0.25) is 5.82 Å². The van der Waals surface area contributed by atoms with E-state index in [4.69, 9.17) is 9.47 Å². The van der Waals surface area contributed by atoms with Gasteiger partial charge in [-0.25, -0.2) is 22.0 Å². The van der Waals surface area contributed by atoms with E-state index >= 15 is 0 Å². The Kier molecular flexibility index (Phi) is 15.4. The van der Waals surface area contributed by atoms with Gasteiger partial charge in [0.1, 0.15) is 6.61 Å². The summed E-state index contributed by atoms with van der Waals surface area (Å²) in [6.45, 7) is 4.21. The van der Waals surface area contributed by atoms with Gasteiger partial charge in [-0.2, -0.15) is 0 Å². The summed E-state index contributed by atoms with van der Waals surface area (Å²) in [7, 11) is 0. The lowest BCUT2D eigenvalue weighted by Gasteiger charge is -2.27. The minimum absolute atomic E-state index is 0.0171. The lowest BCUT2D eigenvalue weighted by molar-refractivity contribution is -0.174. The molecule has 37 heavy (non-hydrogen) atoms. The SMILES string of the molecule is CCCCCCCCCCCCCCOC(=O)C(CC)(CC)C(=O)OCc1c(F)c(F)c(F)c(F)c1F. The van der Waals surface area contributed by atoms with Gasteiger partial charge in [0.15, 0.2) is 28.7 Å². The van der Waals surface area contributed by atoms with Crippen LogP contribution in [0.2, 0.25) is 0 Å². The van der Waals surface area contributed by atoms with Crippen molar-refractivity contribution >= 4 is 11.9 Å². The topological polar surface area (TPSA) is 52.6 Å². The number of carbonyl (C=O) groups is 2. The van der Waals surface area contributed by atoms with E-state index in [-0.39, 0.29) is 19.4 Å². The van der Waals surface area contributed by atoms with Crippen molar-refractivity contribution in [3.05, 3.63) is 34.6 Å². The monoisotopic (exact) mass is 536 g/mol. The summed E-state index contributed by atoms with van der Waals surface area (Å²) in [5, 5.41) is 0. The molecule has 1 rings (SSSR count). The molecule has 0 aliphatic carbocycles. The van der Waals surface area contributed by atoms with Crippen molar-refractivity contribution in [1.29, 1.82) is 0 Å². The lowest BCUT2D eigenvalue weighted by atomic mass is 9.82. The number of halogens is 5. The fraction of sp³-hybridized carbons (Fsp3) is 0.714. The number of benzene rings is 1. The Morgan fingerprint density at radius 3 is 1.38 bits per heavy atom. The number of rotatable bonds is 19. The quantitative estimate of drug-likeness (QED) is 0.0444. The molecule has 0 aliphatic heterocycles. The summed E-state index contributed by atoms with van der Waals surface area (Å²) in [6.07, 6.45) is 13.7. The maximum atomic E-state index is 13.9. The minimum atomic E-state index is -2.30. The highest BCUT2D eigenvalue weighted by atomic mass is 19.2. The summed E-state index contributed by atoms with van der Waals surface area (Å²) < 4.78 is 77.9. The first-order valence-corrected chi connectivity index (χ1v) is 13.5. The molecule has 0 aromatic heterocycles. The standard InChI is InChI=1S/C28H41F5O4/c1-4-7-8-9-10-11-12-13-14-15-16-17-18-36-26(34)28(5-2,6-3)27(35)37-19-20-21(29)23(31)25(33)24(32)22(20)30/h4-19H2,1-3H3. The van der Waals surface area contributed by atoms with Gasteiger partial charge in [-0.1, -0.05) is 91.4 Å². The molecule has 0 radical (unpaired) electrons. The van der Waals surface area contributed by atoms with Crippen LogP contribution in [-0.2, 0) is 25.7 Å². The van der Waals surface area contributed by atoms with Crippen molar-refractivity contribution in [1.82, 2.24) is 0 Å². The predicted octanol–water partition coefficient (Wildman–Crippen LogP) is 8.48. The van der Waals surface area contributed by atoms with Crippen molar-refractivity contribution < 1.29 is 41.0 Å². The van der Waals surface area contributed by atoms with Crippen LogP contribution in [0.4, 0.5) is 22.0 Å². The smallest absolute Gasteiger partial charge is 0.323 e. The second kappa shape index (κ2) is 17.3. The molecule has 1 aromatic rings. The van der Waals surface area contributed by atoms with Gasteiger partial charge < -0.3 is 9.47 Å². The molecule has 0 N–H and O–H groups in total. The van der Waals surface area contributed by atoms with E-state index in [1.807, 2.05) is 0 Å². The van der Waals surface area contributed by atoms with Gasteiger partial charge in [-0.05, 0) is 19.3 Å². The molecule has 9 heteroatoms. The number of esters is 2. The Labute approximate surface area is 217 Å². The molecule has 1 aromatic carbocycles. The molecule has 0 spiro atoms. The van der Waals surface area contributed by atoms with Crippen LogP contribution in [0.15, 0.2) is 0 Å². The van der Waals surface area contributed by atoms with E-state index in [0.29, 0.717) is 6.42 Å². The second-order valence-electron chi connectivity index (χ2n) is 9.44. The van der Waals surface area contributed by atoms with Crippen molar-refractivity contribution in [3.8, 4) is 0 Å². The van der Waals surface area contributed by atoms with Gasteiger partial charge in [0.25, 0.3) is 0 Å². The molecule has 0 aliphatic rings. The largest absolute Gasteiger partial charge is 0.465 e. The summed E-state index contributed by atoms with van der Waals surface area (Å²) in [5.41, 5.74) is -3.02. The van der Waals surface area contributed by atoms with E-state index in [2.05, 4.69) is 6.92 Å². The Morgan fingerprint density at radius 1 is 0.568 bits per heavy atom. The summed E-state index contributed by atoms with van der Waals surface area (Å²) in [6, 6.07) is 0. The molecular weight excluding hydrogens is 495 g/mol. The lowest BCUT2D eigenvalue weighted by Crippen LogP contribution is -2.41. The molecule has 0 fully saturated rings. The van der Waals surface area contributed by atoms with Gasteiger partial charge in [-0.15, -0.1) is 0 Å². The van der Waals surface area contributed by atoms with E-state index in [1.54, 1.807) is 13.8 Å². The molecule has 0 saturated heterocycles. The number of carbonyl (C=O) groups excluding carboxylic acids is 2. The van der Waals surface area contributed by atoms with Crippen LogP contribution in [0.5, 0.6) is 0 Å². The van der Waals surface area contributed by atoms with Gasteiger partial charge in [-0.3, -0.25) is 9.59 Å². The third-order valence-electron chi connectivity index (χ3n) is 6.87. The number of unbranched alkanes of at least 4 members (excludes halogenated alkanes) is 11. The summed E-state index contributed by atoms with van der Waals surface area (Å²) >= 11 is 0. The second-order valence-corrected chi connectivity index (χ2v) is 9.44. The maximum absolute atomic E-state index is 13.9. The van der Waals surface area contributed by atoms with Crippen molar-refractivity contribution in [2.24, 2.45) is 5.41 Å². The van der Waals surface area contributed by atoms with E-state index in [0.717, 1.165) is 19.3 Å². The van der Waals surface area contributed by atoms with Crippen LogP contribution >= 0.6 is 0 Å². The summed E-state index contributed by atoms with van der Waals surface area (Å²) in [5.74, 6) is -12.7. The first-order valence-electron chi connectivity index (χ1n) is 13.5. The Morgan fingerprint density at radius 2 is 0.946 bits per heavy atom. The minimum Gasteiger partial charge on any atom is -0.465 e. The fourth-order valence-corrected chi connectivity index (χ4v) is 4.21. The van der Waals surface area contributed by atoms with Crippen LogP contribution in [0, 0.1) is 34.5 Å². The molecule has 0 saturated carbocycles. The van der Waals surface area contributed by atoms with Crippen molar-refractivity contribution in [3.63, 3.8) is 0 Å². The van der Waals surface area contributed by atoms with Crippen LogP contribution < -0.4 is 0 Å². The molecule has 0 atom stereocenters. The molecule has 0 unspecified atom stereocenters. The molecule has 4 nitrogen and oxygen atoms in total. The molecule has 0 amide bonds. The van der Waals surface area contributed by atoms with Crippen LogP contribution in [0.3, 0.4) is 0 Å². The Balaban J connectivity index is 2.46. The molecular formula is C28H41F5O4. The zero-order valence-electron chi connectivity index (χ0n) is 22.3. The van der Waals surface area contributed by atoms with Crippen molar-refractivity contribution in [2.45, 2.75) is 117 Å². The van der Waals surface area contributed by atoms with E-state index in [9.17, 15) is 31.5 Å². The molecule has 0 bridgehead atoms. The average molecular weight is 537 g/mol. The predicted molar refractivity (Wildman–Crippen MR) is 131 cm³/mol. The van der Waals surface area contributed by atoms with E-state index in [1.165, 1.54) is 51.4 Å². The first kappa shape index (κ1) is 32.8. The van der Waals surface area contributed by atoms with Crippen LogP contribution in [0.25, 0.3) is 0 Å². The van der Waals surface area contributed by atoms with Gasteiger partial charge in [0.05, 0.1) is 12.2 Å². The van der Waals surface area contributed by atoms with Gasteiger partial charge in [0, 0.05) is 0 Å². The zero-order valence-corrected chi connectivity index (χ0v) is 22.3. The highest BCUT2D eigenvalue weighted by Gasteiger charge is 2.46. The van der Waals surface area contributed by atoms with Crippen LogP contribution in [-0.4, -0.2) is 18.5 Å². The summed E-state index contributed by atoms with van der Waals surface area (Å²) in [4.78, 5) is 25.4. The number of hydrogen-bond donors (Lipinski definition) is 0. The number of ether oxygens (including phenoxy) is 2. The highest BCUT2D eigenvalue weighted by molar-refractivity contribution is 6.00. The normalized spacial score (nSPS) is 11.6. The van der Waals surface area contributed by atoms with E-state index < -0.39 is 58.6 Å². The van der Waals surface area contributed by atoms with Crippen molar-refractivity contribution in [2.75, 3.05) is 6.61 Å². The third-order valence-corrected chi connectivity index (χ3v) is 6.87. The Bertz CT molecular complexity index is 826. The fourth-order valence-electron chi connectivity index (χ4n) is 4.21. The number of hydrogen-bond acceptors (Lipinski definition) is 4. The van der Waals surface area contributed by atoms with Gasteiger partial charge >= 0.3 is 11.9 Å². The highest BCUT2D eigenvalue weighted by Crippen LogP contribution is 2.32. The Hall–Kier alpha value is -2.19. The zero-order chi connectivity index (χ0) is 27.8.